The molecule has 37 heavy (non-hydrogen) atoms. The van der Waals surface area contributed by atoms with Crippen LogP contribution in [0.5, 0.6) is 5.75 Å². The first-order valence-corrected chi connectivity index (χ1v) is 12.2. The summed E-state index contributed by atoms with van der Waals surface area (Å²) in [5.74, 6) is 0.0778. The Morgan fingerprint density at radius 1 is 0.946 bits per heavy atom. The van der Waals surface area contributed by atoms with E-state index in [4.69, 9.17) is 16.3 Å². The Morgan fingerprint density at radius 3 is 2.62 bits per heavy atom. The van der Waals surface area contributed by atoms with Gasteiger partial charge in [0.25, 0.3) is 0 Å². The predicted molar refractivity (Wildman–Crippen MR) is 144 cm³/mol. The van der Waals surface area contributed by atoms with Crippen LogP contribution in [0.2, 0.25) is 5.02 Å². The zero-order valence-corrected chi connectivity index (χ0v) is 20.6. The van der Waals surface area contributed by atoms with Crippen LogP contribution < -0.4 is 10.1 Å². The van der Waals surface area contributed by atoms with E-state index in [1.54, 1.807) is 48.7 Å². The molecule has 0 aliphatic rings. The fourth-order valence-corrected chi connectivity index (χ4v) is 4.18. The number of amides is 1. The normalized spacial score (nSPS) is 10.9. The number of benzene rings is 3. The van der Waals surface area contributed by atoms with Crippen molar-refractivity contribution in [2.24, 2.45) is 0 Å². The first-order valence-electron chi connectivity index (χ1n) is 11.8. The van der Waals surface area contributed by atoms with E-state index >= 15 is 0 Å². The van der Waals surface area contributed by atoms with Crippen molar-refractivity contribution in [2.45, 2.75) is 19.4 Å². The van der Waals surface area contributed by atoms with Gasteiger partial charge < -0.3 is 10.1 Å². The largest absolute Gasteiger partial charge is 0.487 e. The Bertz CT molecular complexity index is 1560. The highest BCUT2D eigenvalue weighted by molar-refractivity contribution is 6.30. The fourth-order valence-electron chi connectivity index (χ4n) is 4.02. The van der Waals surface area contributed by atoms with Crippen molar-refractivity contribution in [1.82, 2.24) is 9.97 Å². The number of fused-ring (bicyclic) bond motifs is 1. The molecule has 5 aromatic rings. The summed E-state index contributed by atoms with van der Waals surface area (Å²) in [6.07, 6.45) is 2.24. The second kappa shape index (κ2) is 11.2. The molecule has 7 heteroatoms. The van der Waals surface area contributed by atoms with E-state index in [1.165, 1.54) is 6.07 Å². The highest BCUT2D eigenvalue weighted by Crippen LogP contribution is 2.27. The van der Waals surface area contributed by atoms with Crippen molar-refractivity contribution in [3.63, 3.8) is 0 Å². The molecular formula is C30H23ClFN3O2. The number of rotatable bonds is 8. The van der Waals surface area contributed by atoms with Crippen molar-refractivity contribution in [3.05, 3.63) is 119 Å². The summed E-state index contributed by atoms with van der Waals surface area (Å²) in [6.45, 7) is 0.345. The minimum absolute atomic E-state index is 0.152. The van der Waals surface area contributed by atoms with Crippen LogP contribution in [0.25, 0.3) is 22.2 Å². The molecule has 5 nitrogen and oxygen atoms in total. The molecule has 0 aliphatic heterocycles. The Morgan fingerprint density at radius 2 is 1.78 bits per heavy atom. The number of anilines is 1. The molecule has 2 heterocycles. The van der Waals surface area contributed by atoms with Gasteiger partial charge in [0.15, 0.2) is 0 Å². The number of nitrogens with zero attached hydrogens (tertiary/aromatic N) is 2. The van der Waals surface area contributed by atoms with Crippen molar-refractivity contribution in [2.75, 3.05) is 5.32 Å². The highest BCUT2D eigenvalue weighted by Gasteiger charge is 2.13. The van der Waals surface area contributed by atoms with E-state index in [9.17, 15) is 9.18 Å². The summed E-state index contributed by atoms with van der Waals surface area (Å²) in [5.41, 5.74) is 4.07. The van der Waals surface area contributed by atoms with Gasteiger partial charge in [-0.2, -0.15) is 0 Å². The molecule has 0 atom stereocenters. The molecule has 0 spiro atoms. The highest BCUT2D eigenvalue weighted by atomic mass is 35.5. The van der Waals surface area contributed by atoms with E-state index in [1.807, 2.05) is 42.5 Å². The molecule has 1 N–H and O–H groups in total. The number of nitrogens with one attached hydrogen (secondary N) is 1. The molecule has 2 aromatic heterocycles. The predicted octanol–water partition coefficient (Wildman–Crippen LogP) is 7.24. The van der Waals surface area contributed by atoms with Crippen LogP contribution >= 0.6 is 11.6 Å². The lowest BCUT2D eigenvalue weighted by Gasteiger charge is -2.11. The molecule has 0 fully saturated rings. The lowest BCUT2D eigenvalue weighted by atomic mass is 10.0. The van der Waals surface area contributed by atoms with E-state index in [-0.39, 0.29) is 12.3 Å². The quantitative estimate of drug-likeness (QED) is 0.238. The molecule has 3 aromatic carbocycles. The standard InChI is InChI=1S/C30H23ClFN3O2/c31-22-9-15-26(27(32)18-22)30-21(5-3-17-33-30)8-16-29(36)35-23-11-13-25(14-12-23)37-19-24-10-7-20-4-1-2-6-28(20)34-24/h1-7,9-15,17-18H,8,16,19H2,(H,35,36). The van der Waals surface area contributed by atoms with Gasteiger partial charge in [0.1, 0.15) is 18.2 Å². The van der Waals surface area contributed by atoms with Crippen LogP contribution in [0.1, 0.15) is 17.7 Å². The van der Waals surface area contributed by atoms with Crippen LogP contribution in [0.15, 0.2) is 97.2 Å². The number of pyridine rings is 2. The maximum Gasteiger partial charge on any atom is 0.224 e. The number of ether oxygens (including phenoxy) is 1. The zero-order valence-electron chi connectivity index (χ0n) is 19.8. The topological polar surface area (TPSA) is 64.1 Å². The number of halogens is 2. The number of aromatic nitrogens is 2. The average Bonchev–Trinajstić information content (AvgIpc) is 2.92. The summed E-state index contributed by atoms with van der Waals surface area (Å²) >= 11 is 5.87. The first-order chi connectivity index (χ1) is 18.0. The molecule has 0 unspecified atom stereocenters. The van der Waals surface area contributed by atoms with Gasteiger partial charge in [-0.1, -0.05) is 41.9 Å². The number of hydrogen-bond donors (Lipinski definition) is 1. The van der Waals surface area contributed by atoms with Gasteiger partial charge in [-0.3, -0.25) is 9.78 Å². The van der Waals surface area contributed by atoms with Crippen LogP contribution in [0.3, 0.4) is 0 Å². The maximum atomic E-state index is 14.4. The average molecular weight is 512 g/mol. The lowest BCUT2D eigenvalue weighted by Crippen LogP contribution is -2.12. The summed E-state index contributed by atoms with van der Waals surface area (Å²) in [5, 5.41) is 4.30. The lowest BCUT2D eigenvalue weighted by molar-refractivity contribution is -0.116. The van der Waals surface area contributed by atoms with Gasteiger partial charge >= 0.3 is 0 Å². The van der Waals surface area contributed by atoms with E-state index in [0.29, 0.717) is 40.7 Å². The Balaban J connectivity index is 1.16. The zero-order chi connectivity index (χ0) is 25.6. The Hall–Kier alpha value is -4.29. The summed E-state index contributed by atoms with van der Waals surface area (Å²) in [7, 11) is 0. The van der Waals surface area contributed by atoms with Crippen LogP contribution in [-0.4, -0.2) is 15.9 Å². The molecule has 184 valence electrons. The molecular weight excluding hydrogens is 489 g/mol. The molecule has 0 radical (unpaired) electrons. The molecule has 5 rings (SSSR count). The summed E-state index contributed by atoms with van der Waals surface area (Å²) in [6, 6.07) is 27.2. The maximum absolute atomic E-state index is 14.4. The number of hydrogen-bond acceptors (Lipinski definition) is 4. The molecule has 0 aliphatic carbocycles. The molecule has 0 saturated carbocycles. The van der Waals surface area contributed by atoms with Crippen molar-refractivity contribution in [3.8, 4) is 17.0 Å². The monoisotopic (exact) mass is 511 g/mol. The number of aryl methyl sites for hydroxylation is 1. The van der Waals surface area contributed by atoms with Gasteiger partial charge in [0.05, 0.1) is 16.9 Å². The number of carbonyl (C=O) groups excluding carboxylic acids is 1. The van der Waals surface area contributed by atoms with Crippen LogP contribution in [-0.2, 0) is 17.8 Å². The molecule has 0 bridgehead atoms. The second-order valence-corrected chi connectivity index (χ2v) is 8.93. The van der Waals surface area contributed by atoms with E-state index < -0.39 is 5.82 Å². The van der Waals surface area contributed by atoms with Gasteiger partial charge in [-0.25, -0.2) is 9.37 Å². The summed E-state index contributed by atoms with van der Waals surface area (Å²) in [4.78, 5) is 21.5. The van der Waals surface area contributed by atoms with Gasteiger partial charge in [0, 0.05) is 34.3 Å². The van der Waals surface area contributed by atoms with Crippen LogP contribution in [0, 0.1) is 5.82 Å². The Kier molecular flexibility index (Phi) is 7.38. The van der Waals surface area contributed by atoms with E-state index in [0.717, 1.165) is 22.2 Å². The third-order valence-corrected chi connectivity index (χ3v) is 6.11. The smallest absolute Gasteiger partial charge is 0.224 e. The van der Waals surface area contributed by atoms with Gasteiger partial charge in [-0.05, 0) is 72.6 Å². The number of carbonyl (C=O) groups is 1. The third-order valence-electron chi connectivity index (χ3n) is 5.88. The van der Waals surface area contributed by atoms with Crippen molar-refractivity contribution < 1.29 is 13.9 Å². The van der Waals surface area contributed by atoms with Crippen LogP contribution in [0.4, 0.5) is 10.1 Å². The fraction of sp³-hybridized carbons (Fsp3) is 0.100. The molecule has 0 saturated heterocycles. The van der Waals surface area contributed by atoms with Crippen molar-refractivity contribution >= 4 is 34.1 Å². The minimum Gasteiger partial charge on any atom is -0.487 e. The first kappa shape index (κ1) is 24.4. The SMILES string of the molecule is O=C(CCc1cccnc1-c1ccc(Cl)cc1F)Nc1ccc(OCc2ccc3ccccc3n2)cc1. The molecule has 1 amide bonds. The Labute approximate surface area is 218 Å². The van der Waals surface area contributed by atoms with Gasteiger partial charge in [0.2, 0.25) is 5.91 Å². The van der Waals surface area contributed by atoms with Crippen molar-refractivity contribution in [1.29, 1.82) is 0 Å². The minimum atomic E-state index is -0.449. The van der Waals surface area contributed by atoms with Gasteiger partial charge in [-0.15, -0.1) is 0 Å². The summed E-state index contributed by atoms with van der Waals surface area (Å²) < 4.78 is 20.3. The third kappa shape index (κ3) is 6.11. The van der Waals surface area contributed by atoms with E-state index in [2.05, 4.69) is 15.3 Å². The number of para-hydroxylation sites is 1. The second-order valence-electron chi connectivity index (χ2n) is 8.49.